The smallest absolute Gasteiger partial charge is 0.180 e. The highest BCUT2D eigenvalue weighted by atomic mass is 35.5. The predicted octanol–water partition coefficient (Wildman–Crippen LogP) is 4.97. The van der Waals surface area contributed by atoms with Gasteiger partial charge in [-0.1, -0.05) is 42.0 Å². The van der Waals surface area contributed by atoms with Gasteiger partial charge in [-0.15, -0.1) is 0 Å². The predicted molar refractivity (Wildman–Crippen MR) is 92.1 cm³/mol. The van der Waals surface area contributed by atoms with Crippen molar-refractivity contribution in [3.8, 4) is 11.5 Å². The van der Waals surface area contributed by atoms with Crippen molar-refractivity contribution < 1.29 is 9.47 Å². The van der Waals surface area contributed by atoms with Crippen molar-refractivity contribution in [1.82, 2.24) is 0 Å². The van der Waals surface area contributed by atoms with Crippen molar-refractivity contribution in [2.75, 3.05) is 13.7 Å². The first-order valence-corrected chi connectivity index (χ1v) is 7.24. The Kier molecular flexibility index (Phi) is 5.61. The third-order valence-electron chi connectivity index (χ3n) is 2.99. The van der Waals surface area contributed by atoms with Crippen LogP contribution in [-0.4, -0.2) is 19.9 Å². The summed E-state index contributed by atoms with van der Waals surface area (Å²) in [5, 5.41) is 0.478. The van der Waals surface area contributed by atoms with Crippen LogP contribution in [0.25, 0.3) is 0 Å². The normalized spacial score (nSPS) is 10.7. The van der Waals surface area contributed by atoms with Crippen LogP contribution in [0.4, 0.5) is 5.69 Å². The Labute approximate surface area is 135 Å². The zero-order chi connectivity index (χ0) is 15.9. The van der Waals surface area contributed by atoms with Crippen LogP contribution in [-0.2, 0) is 0 Å². The first kappa shape index (κ1) is 16.1. The summed E-state index contributed by atoms with van der Waals surface area (Å²) in [5.41, 5.74) is 2.92. The van der Waals surface area contributed by atoms with Crippen molar-refractivity contribution in [3.63, 3.8) is 0 Å². The van der Waals surface area contributed by atoms with Crippen LogP contribution in [0.5, 0.6) is 11.5 Å². The van der Waals surface area contributed by atoms with E-state index in [2.05, 4.69) is 11.6 Å². The largest absolute Gasteiger partial charge is 0.493 e. The number of nitrogens with zero attached hydrogens (tertiary/aromatic N) is 1. The molecule has 114 valence electrons. The van der Waals surface area contributed by atoms with E-state index in [0.717, 1.165) is 11.3 Å². The maximum absolute atomic E-state index is 6.25. The number of benzene rings is 2. The maximum Gasteiger partial charge on any atom is 0.180 e. The lowest BCUT2D eigenvalue weighted by molar-refractivity contribution is 0.326. The van der Waals surface area contributed by atoms with Gasteiger partial charge in [-0.25, -0.2) is 0 Å². The molecule has 0 saturated heterocycles. The van der Waals surface area contributed by atoms with Gasteiger partial charge in [0, 0.05) is 6.21 Å². The molecule has 0 spiro atoms. The lowest BCUT2D eigenvalue weighted by Crippen LogP contribution is -1.98. The number of hydrogen-bond acceptors (Lipinski definition) is 3. The minimum Gasteiger partial charge on any atom is -0.493 e. The summed E-state index contributed by atoms with van der Waals surface area (Å²) in [6, 6.07) is 11.6. The van der Waals surface area contributed by atoms with E-state index in [1.165, 1.54) is 5.56 Å². The Bertz CT molecular complexity index is 678. The molecule has 0 aliphatic rings. The second-order valence-electron chi connectivity index (χ2n) is 4.73. The number of aliphatic imine (C=N–C) groups is 1. The summed E-state index contributed by atoms with van der Waals surface area (Å²) in [5.74, 6) is 1.08. The highest BCUT2D eigenvalue weighted by molar-refractivity contribution is 6.32. The lowest BCUT2D eigenvalue weighted by atomic mass is 10.2. The van der Waals surface area contributed by atoms with Gasteiger partial charge in [0.1, 0.15) is 6.61 Å². The monoisotopic (exact) mass is 315 g/mol. The van der Waals surface area contributed by atoms with Gasteiger partial charge < -0.3 is 9.47 Å². The first-order chi connectivity index (χ1) is 10.6. The molecule has 0 bridgehead atoms. The molecule has 0 N–H and O–H groups in total. The van der Waals surface area contributed by atoms with Crippen LogP contribution in [0.3, 0.4) is 0 Å². The summed E-state index contributed by atoms with van der Waals surface area (Å²) in [4.78, 5) is 4.43. The SMILES string of the molecule is C=CCOc1c(Cl)cc(C=Nc2ccc(C)cc2)cc1OC. The number of halogens is 1. The second-order valence-corrected chi connectivity index (χ2v) is 5.13. The topological polar surface area (TPSA) is 30.8 Å². The van der Waals surface area contributed by atoms with Crippen LogP contribution in [0, 0.1) is 6.92 Å². The highest BCUT2D eigenvalue weighted by Gasteiger charge is 2.10. The standard InChI is InChI=1S/C18H18ClNO2/c1-4-9-22-18-16(19)10-14(11-17(18)21-3)12-20-15-7-5-13(2)6-8-15/h4-8,10-12H,1,9H2,2-3H3. The second kappa shape index (κ2) is 7.66. The number of hydrogen-bond donors (Lipinski definition) is 0. The summed E-state index contributed by atoms with van der Waals surface area (Å²) in [6.45, 7) is 6.03. The fourth-order valence-corrected chi connectivity index (χ4v) is 2.15. The van der Waals surface area contributed by atoms with Crippen LogP contribution >= 0.6 is 11.6 Å². The van der Waals surface area contributed by atoms with Crippen molar-refractivity contribution in [2.45, 2.75) is 6.92 Å². The number of aryl methyl sites for hydroxylation is 1. The van der Waals surface area contributed by atoms with E-state index >= 15 is 0 Å². The van der Waals surface area contributed by atoms with E-state index in [1.54, 1.807) is 25.5 Å². The van der Waals surface area contributed by atoms with Gasteiger partial charge in [-0.2, -0.15) is 0 Å². The molecule has 3 nitrogen and oxygen atoms in total. The van der Waals surface area contributed by atoms with Gasteiger partial charge in [0.15, 0.2) is 11.5 Å². The van der Waals surface area contributed by atoms with Crippen LogP contribution < -0.4 is 9.47 Å². The highest BCUT2D eigenvalue weighted by Crippen LogP contribution is 2.36. The maximum atomic E-state index is 6.25. The minimum atomic E-state index is 0.368. The molecule has 2 aromatic carbocycles. The fourth-order valence-electron chi connectivity index (χ4n) is 1.88. The molecule has 0 heterocycles. The van der Waals surface area contributed by atoms with Crippen molar-refractivity contribution >= 4 is 23.5 Å². The quantitative estimate of drug-likeness (QED) is 0.556. The van der Waals surface area contributed by atoms with E-state index in [-0.39, 0.29) is 0 Å². The van der Waals surface area contributed by atoms with Gasteiger partial charge in [0.05, 0.1) is 17.8 Å². The molecule has 0 atom stereocenters. The molecule has 0 radical (unpaired) electrons. The molecule has 0 fully saturated rings. The van der Waals surface area contributed by atoms with Gasteiger partial charge >= 0.3 is 0 Å². The first-order valence-electron chi connectivity index (χ1n) is 6.86. The van der Waals surface area contributed by atoms with Crippen LogP contribution in [0.2, 0.25) is 5.02 Å². The summed E-state index contributed by atoms with van der Waals surface area (Å²) < 4.78 is 10.8. The fraction of sp³-hybridized carbons (Fsp3) is 0.167. The zero-order valence-corrected chi connectivity index (χ0v) is 13.4. The Morgan fingerprint density at radius 2 is 1.95 bits per heavy atom. The lowest BCUT2D eigenvalue weighted by Gasteiger charge is -2.11. The molecule has 0 saturated carbocycles. The minimum absolute atomic E-state index is 0.368. The average Bonchev–Trinajstić information content (AvgIpc) is 2.53. The van der Waals surface area contributed by atoms with E-state index in [1.807, 2.05) is 37.3 Å². The van der Waals surface area contributed by atoms with E-state index in [4.69, 9.17) is 21.1 Å². The molecular formula is C18H18ClNO2. The molecule has 22 heavy (non-hydrogen) atoms. The summed E-state index contributed by atoms with van der Waals surface area (Å²) in [6.07, 6.45) is 3.40. The molecule has 2 rings (SSSR count). The Morgan fingerprint density at radius 1 is 1.23 bits per heavy atom. The number of rotatable bonds is 6. The van der Waals surface area contributed by atoms with Crippen molar-refractivity contribution in [2.24, 2.45) is 4.99 Å². The third kappa shape index (κ3) is 4.12. The van der Waals surface area contributed by atoms with Gasteiger partial charge in [-0.05, 0) is 36.8 Å². The molecule has 2 aromatic rings. The van der Waals surface area contributed by atoms with Gasteiger partial charge in [0.25, 0.3) is 0 Å². The number of ether oxygens (including phenoxy) is 2. The molecule has 0 aromatic heterocycles. The molecule has 0 aliphatic heterocycles. The van der Waals surface area contributed by atoms with E-state index in [0.29, 0.717) is 23.1 Å². The Hall–Kier alpha value is -2.26. The summed E-state index contributed by atoms with van der Waals surface area (Å²) in [7, 11) is 1.58. The zero-order valence-electron chi connectivity index (χ0n) is 12.7. The molecule has 0 aliphatic carbocycles. The van der Waals surface area contributed by atoms with Crippen LogP contribution in [0.1, 0.15) is 11.1 Å². The number of methoxy groups -OCH3 is 1. The van der Waals surface area contributed by atoms with Crippen molar-refractivity contribution in [3.05, 3.63) is 65.2 Å². The van der Waals surface area contributed by atoms with E-state index in [9.17, 15) is 0 Å². The molecular weight excluding hydrogens is 298 g/mol. The molecule has 0 amide bonds. The van der Waals surface area contributed by atoms with Crippen LogP contribution in [0.15, 0.2) is 54.0 Å². The molecule has 0 unspecified atom stereocenters. The average molecular weight is 316 g/mol. The summed E-state index contributed by atoms with van der Waals surface area (Å²) >= 11 is 6.25. The Morgan fingerprint density at radius 3 is 2.59 bits per heavy atom. The van der Waals surface area contributed by atoms with E-state index < -0.39 is 0 Å². The third-order valence-corrected chi connectivity index (χ3v) is 3.27. The van der Waals surface area contributed by atoms with Gasteiger partial charge in [-0.3, -0.25) is 4.99 Å². The van der Waals surface area contributed by atoms with Gasteiger partial charge in [0.2, 0.25) is 0 Å². The molecule has 4 heteroatoms. The Balaban J connectivity index is 2.26. The van der Waals surface area contributed by atoms with Crippen molar-refractivity contribution in [1.29, 1.82) is 0 Å².